The molecule has 0 aliphatic carbocycles. The van der Waals surface area contributed by atoms with Crippen molar-refractivity contribution in [1.29, 1.82) is 0 Å². The van der Waals surface area contributed by atoms with Crippen molar-refractivity contribution in [3.05, 3.63) is 29.3 Å². The maximum absolute atomic E-state index is 12.6. The first-order valence-corrected chi connectivity index (χ1v) is 9.30. The van der Waals surface area contributed by atoms with E-state index in [0.29, 0.717) is 36.8 Å². The van der Waals surface area contributed by atoms with E-state index in [4.69, 9.17) is 9.47 Å². The van der Waals surface area contributed by atoms with Crippen LogP contribution in [-0.2, 0) is 20.9 Å². The number of hydrogen-bond donors (Lipinski definition) is 2. The number of ether oxygens (including phenoxy) is 2. The van der Waals surface area contributed by atoms with E-state index in [1.54, 1.807) is 17.0 Å². The smallest absolute Gasteiger partial charge is 0.255 e. The fraction of sp³-hybridized carbons (Fsp3) is 0.526. The third kappa shape index (κ3) is 3.81. The Labute approximate surface area is 157 Å². The van der Waals surface area contributed by atoms with Crippen LogP contribution >= 0.6 is 0 Å². The summed E-state index contributed by atoms with van der Waals surface area (Å²) in [6, 6.07) is 4.80. The molecule has 0 bridgehead atoms. The second-order valence-corrected chi connectivity index (χ2v) is 7.17. The highest BCUT2D eigenvalue weighted by molar-refractivity contribution is 6.05. The highest BCUT2D eigenvalue weighted by Crippen LogP contribution is 2.30. The summed E-state index contributed by atoms with van der Waals surface area (Å²) in [5.41, 5.74) is 1.44. The summed E-state index contributed by atoms with van der Waals surface area (Å²) in [5.74, 6) is 0.464. The third-order valence-electron chi connectivity index (χ3n) is 5.18. The Balaban J connectivity index is 1.31. The van der Waals surface area contributed by atoms with Crippen molar-refractivity contribution in [3.8, 4) is 5.75 Å². The number of benzene rings is 1. The molecule has 1 atom stereocenters. The molecule has 2 fully saturated rings. The Morgan fingerprint density at radius 3 is 2.85 bits per heavy atom. The number of fused-ring (bicyclic) bond motifs is 1. The van der Waals surface area contributed by atoms with Crippen molar-refractivity contribution in [2.24, 2.45) is 5.92 Å². The Morgan fingerprint density at radius 1 is 1.26 bits per heavy atom. The van der Waals surface area contributed by atoms with Crippen LogP contribution < -0.4 is 15.4 Å². The maximum atomic E-state index is 12.6. The van der Waals surface area contributed by atoms with Gasteiger partial charge in [0.15, 0.2) is 0 Å². The number of piperidine rings is 1. The summed E-state index contributed by atoms with van der Waals surface area (Å²) < 4.78 is 10.9. The fourth-order valence-electron chi connectivity index (χ4n) is 3.59. The van der Waals surface area contributed by atoms with Gasteiger partial charge in [-0.1, -0.05) is 0 Å². The van der Waals surface area contributed by atoms with E-state index in [0.717, 1.165) is 31.9 Å². The number of nitrogens with one attached hydrogen (secondary N) is 2. The molecule has 3 aliphatic rings. The van der Waals surface area contributed by atoms with Crippen LogP contribution in [0.1, 0.15) is 28.8 Å². The number of carbonyl (C=O) groups is 3. The first-order valence-electron chi connectivity index (χ1n) is 9.30. The molecule has 0 saturated carbocycles. The number of rotatable bonds is 7. The van der Waals surface area contributed by atoms with Crippen LogP contribution in [-0.4, -0.2) is 61.6 Å². The summed E-state index contributed by atoms with van der Waals surface area (Å²) in [5, 5.41) is 5.65. The molecular weight excluding hydrogens is 350 g/mol. The van der Waals surface area contributed by atoms with E-state index in [-0.39, 0.29) is 18.2 Å². The number of nitrogens with zero attached hydrogens (tertiary/aromatic N) is 1. The van der Waals surface area contributed by atoms with Crippen LogP contribution in [0.5, 0.6) is 5.75 Å². The fourth-order valence-corrected chi connectivity index (χ4v) is 3.59. The van der Waals surface area contributed by atoms with Crippen molar-refractivity contribution in [1.82, 2.24) is 15.5 Å². The minimum absolute atomic E-state index is 0.171. The van der Waals surface area contributed by atoms with Gasteiger partial charge in [0, 0.05) is 37.5 Å². The van der Waals surface area contributed by atoms with Crippen LogP contribution in [0.4, 0.5) is 0 Å². The summed E-state index contributed by atoms with van der Waals surface area (Å²) in [6.45, 7) is 4.24. The predicted octanol–water partition coefficient (Wildman–Crippen LogP) is 0.0624. The normalized spacial score (nSPS) is 22.4. The van der Waals surface area contributed by atoms with Gasteiger partial charge in [-0.15, -0.1) is 0 Å². The molecule has 3 aliphatic heterocycles. The van der Waals surface area contributed by atoms with E-state index in [1.807, 2.05) is 6.07 Å². The van der Waals surface area contributed by atoms with Crippen LogP contribution in [0, 0.1) is 5.92 Å². The van der Waals surface area contributed by atoms with Gasteiger partial charge in [-0.25, -0.2) is 0 Å². The Morgan fingerprint density at radius 2 is 2.11 bits per heavy atom. The van der Waals surface area contributed by atoms with E-state index >= 15 is 0 Å². The van der Waals surface area contributed by atoms with E-state index in [1.165, 1.54) is 0 Å². The quantitative estimate of drug-likeness (QED) is 0.518. The average Bonchev–Trinajstić information content (AvgIpc) is 2.92. The second-order valence-electron chi connectivity index (χ2n) is 7.17. The summed E-state index contributed by atoms with van der Waals surface area (Å²) in [7, 11) is 0. The largest absolute Gasteiger partial charge is 0.492 e. The zero-order valence-corrected chi connectivity index (χ0v) is 15.0. The molecule has 27 heavy (non-hydrogen) atoms. The SMILES string of the molecule is O=C1CCC(N2Cc3cc(OCCNCC4COC4)ccc3C2=O)C(=O)N1. The van der Waals surface area contributed by atoms with Gasteiger partial charge in [-0.2, -0.15) is 0 Å². The topological polar surface area (TPSA) is 97.0 Å². The number of carbonyl (C=O) groups excluding carboxylic acids is 3. The molecule has 4 rings (SSSR count). The van der Waals surface area contributed by atoms with Crippen molar-refractivity contribution in [2.45, 2.75) is 25.4 Å². The third-order valence-corrected chi connectivity index (χ3v) is 5.18. The van der Waals surface area contributed by atoms with Crippen LogP contribution in [0.3, 0.4) is 0 Å². The van der Waals surface area contributed by atoms with Gasteiger partial charge in [-0.3, -0.25) is 19.7 Å². The molecule has 3 heterocycles. The Bertz CT molecular complexity index is 762. The van der Waals surface area contributed by atoms with Gasteiger partial charge in [0.2, 0.25) is 11.8 Å². The second kappa shape index (κ2) is 7.66. The molecular formula is C19H23N3O5. The van der Waals surface area contributed by atoms with Gasteiger partial charge in [0.25, 0.3) is 5.91 Å². The zero-order valence-electron chi connectivity index (χ0n) is 15.0. The van der Waals surface area contributed by atoms with Crippen molar-refractivity contribution < 1.29 is 23.9 Å². The molecule has 8 nitrogen and oxygen atoms in total. The lowest BCUT2D eigenvalue weighted by molar-refractivity contribution is -0.136. The van der Waals surface area contributed by atoms with Gasteiger partial charge in [0.1, 0.15) is 18.4 Å². The molecule has 2 N–H and O–H groups in total. The number of amides is 3. The van der Waals surface area contributed by atoms with Crippen molar-refractivity contribution >= 4 is 17.7 Å². The number of hydrogen-bond acceptors (Lipinski definition) is 6. The Kier molecular flexibility index (Phi) is 5.09. The van der Waals surface area contributed by atoms with Crippen LogP contribution in [0.25, 0.3) is 0 Å². The predicted molar refractivity (Wildman–Crippen MR) is 95.2 cm³/mol. The molecule has 2 saturated heterocycles. The molecule has 1 aromatic rings. The minimum atomic E-state index is -0.591. The molecule has 1 aromatic carbocycles. The zero-order chi connectivity index (χ0) is 18.8. The van der Waals surface area contributed by atoms with Gasteiger partial charge >= 0.3 is 0 Å². The summed E-state index contributed by atoms with van der Waals surface area (Å²) in [4.78, 5) is 37.6. The van der Waals surface area contributed by atoms with Gasteiger partial charge in [0.05, 0.1) is 13.2 Å². The van der Waals surface area contributed by atoms with Gasteiger partial charge < -0.3 is 19.7 Å². The highest BCUT2D eigenvalue weighted by Gasteiger charge is 2.39. The summed E-state index contributed by atoms with van der Waals surface area (Å²) in [6.07, 6.45) is 0.621. The lowest BCUT2D eigenvalue weighted by Gasteiger charge is -2.29. The van der Waals surface area contributed by atoms with E-state index in [9.17, 15) is 14.4 Å². The first kappa shape index (κ1) is 17.9. The molecule has 3 amide bonds. The van der Waals surface area contributed by atoms with Crippen LogP contribution in [0.2, 0.25) is 0 Å². The lowest BCUT2D eigenvalue weighted by Crippen LogP contribution is -2.52. The average molecular weight is 373 g/mol. The van der Waals surface area contributed by atoms with Gasteiger partial charge in [-0.05, 0) is 30.2 Å². The molecule has 0 radical (unpaired) electrons. The minimum Gasteiger partial charge on any atom is -0.492 e. The number of imide groups is 1. The molecule has 8 heteroatoms. The summed E-state index contributed by atoms with van der Waals surface area (Å²) >= 11 is 0. The molecule has 144 valence electrons. The molecule has 0 aromatic heterocycles. The maximum Gasteiger partial charge on any atom is 0.255 e. The monoisotopic (exact) mass is 373 g/mol. The lowest BCUT2D eigenvalue weighted by atomic mass is 10.0. The highest BCUT2D eigenvalue weighted by atomic mass is 16.5. The molecule has 0 spiro atoms. The van der Waals surface area contributed by atoms with Crippen LogP contribution in [0.15, 0.2) is 18.2 Å². The van der Waals surface area contributed by atoms with Crippen molar-refractivity contribution in [3.63, 3.8) is 0 Å². The first-order chi connectivity index (χ1) is 13.1. The Hall–Kier alpha value is -2.45. The molecule has 1 unspecified atom stereocenters. The van der Waals surface area contributed by atoms with E-state index < -0.39 is 11.9 Å². The standard InChI is InChI=1S/C19H23N3O5/c23-17-4-3-16(18(24)21-17)22-9-13-7-14(1-2-15(13)19(22)25)27-6-5-20-8-12-10-26-11-12/h1-2,7,12,16,20H,3-6,8-11H2,(H,21,23,24). The van der Waals surface area contributed by atoms with E-state index in [2.05, 4.69) is 10.6 Å². The van der Waals surface area contributed by atoms with Crippen molar-refractivity contribution in [2.75, 3.05) is 32.9 Å².